The van der Waals surface area contributed by atoms with Gasteiger partial charge in [-0.1, -0.05) is 18.2 Å². The van der Waals surface area contributed by atoms with Gasteiger partial charge in [-0.25, -0.2) is 0 Å². The number of hydrogen-bond acceptors (Lipinski definition) is 1. The molecular weight excluding hydrogens is 284 g/mol. The fourth-order valence-electron chi connectivity index (χ4n) is 3.00. The first-order chi connectivity index (χ1) is 11.1. The molecule has 1 aliphatic carbocycles. The van der Waals surface area contributed by atoms with Gasteiger partial charge >= 0.3 is 0 Å². The van der Waals surface area contributed by atoms with Crippen molar-refractivity contribution >= 4 is 12.0 Å². The molecule has 0 atom stereocenters. The summed E-state index contributed by atoms with van der Waals surface area (Å²) in [6.45, 7) is 5.07. The molecule has 1 fully saturated rings. The number of amides is 1. The Bertz CT molecular complexity index is 724. The average molecular weight is 308 g/mol. The van der Waals surface area contributed by atoms with Crippen molar-refractivity contribution in [2.45, 2.75) is 26.7 Å². The van der Waals surface area contributed by atoms with Crippen LogP contribution in [0.5, 0.6) is 0 Å². The summed E-state index contributed by atoms with van der Waals surface area (Å²) < 4.78 is 2.22. The Hall–Kier alpha value is -2.29. The van der Waals surface area contributed by atoms with Gasteiger partial charge in [-0.05, 0) is 62.4 Å². The van der Waals surface area contributed by atoms with Crippen molar-refractivity contribution in [3.63, 3.8) is 0 Å². The minimum atomic E-state index is 0.0846. The highest BCUT2D eigenvalue weighted by Crippen LogP contribution is 2.29. The predicted molar refractivity (Wildman–Crippen MR) is 94.6 cm³/mol. The zero-order valence-electron chi connectivity index (χ0n) is 14.1. The van der Waals surface area contributed by atoms with Crippen molar-refractivity contribution in [2.75, 3.05) is 13.6 Å². The molecule has 0 saturated heterocycles. The number of carbonyl (C=O) groups excluding carboxylic acids is 1. The van der Waals surface area contributed by atoms with E-state index < -0.39 is 0 Å². The Morgan fingerprint density at radius 3 is 2.61 bits per heavy atom. The van der Waals surface area contributed by atoms with Crippen LogP contribution in [0.2, 0.25) is 0 Å². The lowest BCUT2D eigenvalue weighted by molar-refractivity contribution is -0.124. The number of benzene rings is 1. The summed E-state index contributed by atoms with van der Waals surface area (Å²) in [6.07, 6.45) is 6.16. The quantitative estimate of drug-likeness (QED) is 0.767. The maximum atomic E-state index is 12.2. The van der Waals surface area contributed by atoms with Crippen molar-refractivity contribution in [3.8, 4) is 5.69 Å². The van der Waals surface area contributed by atoms with Crippen LogP contribution in [0.1, 0.15) is 29.8 Å². The lowest BCUT2D eigenvalue weighted by Gasteiger charge is -2.14. The molecule has 0 aliphatic heterocycles. The van der Waals surface area contributed by atoms with Crippen molar-refractivity contribution in [1.29, 1.82) is 0 Å². The fourth-order valence-corrected chi connectivity index (χ4v) is 3.00. The van der Waals surface area contributed by atoms with Crippen molar-refractivity contribution in [2.24, 2.45) is 5.92 Å². The zero-order chi connectivity index (χ0) is 16.4. The van der Waals surface area contributed by atoms with E-state index >= 15 is 0 Å². The standard InChI is InChI=1S/C20H24N2O/c1-15-13-18(11-12-20(23)21(3)14-17-9-10-17)16(2)22(15)19-7-5-4-6-8-19/h4-8,11-13,17H,9-10,14H2,1-3H3. The van der Waals surface area contributed by atoms with E-state index in [9.17, 15) is 4.79 Å². The molecule has 0 N–H and O–H groups in total. The summed E-state index contributed by atoms with van der Waals surface area (Å²) in [5.41, 5.74) is 4.58. The first-order valence-corrected chi connectivity index (χ1v) is 8.24. The lowest BCUT2D eigenvalue weighted by atomic mass is 10.2. The SMILES string of the molecule is Cc1cc(C=CC(=O)N(C)CC2CC2)c(C)n1-c1ccccc1. The number of para-hydroxylation sites is 1. The number of aromatic nitrogens is 1. The largest absolute Gasteiger partial charge is 0.342 e. The van der Waals surface area contributed by atoms with Gasteiger partial charge in [-0.2, -0.15) is 0 Å². The van der Waals surface area contributed by atoms with Gasteiger partial charge in [0.1, 0.15) is 0 Å². The summed E-state index contributed by atoms with van der Waals surface area (Å²) in [4.78, 5) is 14.0. The van der Waals surface area contributed by atoms with E-state index in [1.165, 1.54) is 18.5 Å². The number of aryl methyl sites for hydroxylation is 1. The molecule has 1 saturated carbocycles. The number of likely N-dealkylation sites (N-methyl/N-ethyl adjacent to an activating group) is 1. The normalized spacial score (nSPS) is 14.4. The van der Waals surface area contributed by atoms with E-state index in [4.69, 9.17) is 0 Å². The summed E-state index contributed by atoms with van der Waals surface area (Å²) in [6, 6.07) is 12.4. The van der Waals surface area contributed by atoms with Gasteiger partial charge in [-0.3, -0.25) is 4.79 Å². The van der Waals surface area contributed by atoms with Crippen LogP contribution >= 0.6 is 0 Å². The Morgan fingerprint density at radius 1 is 1.26 bits per heavy atom. The molecule has 3 rings (SSSR count). The van der Waals surface area contributed by atoms with Crippen LogP contribution in [0, 0.1) is 19.8 Å². The number of rotatable bonds is 5. The molecule has 1 amide bonds. The van der Waals surface area contributed by atoms with E-state index in [0.717, 1.165) is 29.4 Å². The minimum absolute atomic E-state index is 0.0846. The third-order valence-corrected chi connectivity index (χ3v) is 4.50. The molecule has 1 aromatic heterocycles. The summed E-state index contributed by atoms with van der Waals surface area (Å²) in [7, 11) is 1.89. The maximum Gasteiger partial charge on any atom is 0.246 e. The third-order valence-electron chi connectivity index (χ3n) is 4.50. The van der Waals surface area contributed by atoms with Gasteiger partial charge < -0.3 is 9.47 Å². The highest BCUT2D eigenvalue weighted by Gasteiger charge is 2.24. The average Bonchev–Trinajstić information content (AvgIpc) is 3.31. The van der Waals surface area contributed by atoms with Gasteiger partial charge in [0.05, 0.1) is 0 Å². The molecule has 0 bridgehead atoms. The molecule has 1 aliphatic rings. The topological polar surface area (TPSA) is 25.2 Å². The lowest BCUT2D eigenvalue weighted by Crippen LogP contribution is -2.26. The molecule has 0 spiro atoms. The fraction of sp³-hybridized carbons (Fsp3) is 0.350. The first kappa shape index (κ1) is 15.6. The number of carbonyl (C=O) groups is 1. The Balaban J connectivity index is 1.78. The number of hydrogen-bond donors (Lipinski definition) is 0. The van der Waals surface area contributed by atoms with E-state index in [1.54, 1.807) is 6.08 Å². The highest BCUT2D eigenvalue weighted by molar-refractivity contribution is 5.91. The molecule has 1 heterocycles. The van der Waals surface area contributed by atoms with Crippen LogP contribution < -0.4 is 0 Å². The summed E-state index contributed by atoms with van der Waals surface area (Å²) in [5, 5.41) is 0. The smallest absolute Gasteiger partial charge is 0.246 e. The second-order valence-electron chi connectivity index (χ2n) is 6.49. The van der Waals surface area contributed by atoms with Crippen LogP contribution in [0.3, 0.4) is 0 Å². The Labute approximate surface area is 138 Å². The molecule has 2 aromatic rings. The molecule has 0 unspecified atom stereocenters. The van der Waals surface area contributed by atoms with Crippen molar-refractivity contribution in [3.05, 3.63) is 59.4 Å². The molecular formula is C20H24N2O. The monoisotopic (exact) mass is 308 g/mol. The maximum absolute atomic E-state index is 12.2. The van der Waals surface area contributed by atoms with E-state index in [-0.39, 0.29) is 5.91 Å². The van der Waals surface area contributed by atoms with Gasteiger partial charge in [0.25, 0.3) is 0 Å². The number of nitrogens with zero attached hydrogens (tertiary/aromatic N) is 2. The van der Waals surface area contributed by atoms with E-state index in [1.807, 2.05) is 36.2 Å². The minimum Gasteiger partial charge on any atom is -0.342 e. The molecule has 120 valence electrons. The van der Waals surface area contributed by atoms with Gasteiger partial charge in [0.15, 0.2) is 0 Å². The van der Waals surface area contributed by atoms with Gasteiger partial charge in [0.2, 0.25) is 5.91 Å². The van der Waals surface area contributed by atoms with Crippen LogP contribution in [-0.4, -0.2) is 29.0 Å². The predicted octanol–water partition coefficient (Wildman–Crippen LogP) is 3.98. The molecule has 1 aromatic carbocycles. The molecule has 3 nitrogen and oxygen atoms in total. The van der Waals surface area contributed by atoms with E-state index in [2.05, 4.69) is 36.6 Å². The highest BCUT2D eigenvalue weighted by atomic mass is 16.2. The summed E-state index contributed by atoms with van der Waals surface area (Å²) in [5.74, 6) is 0.807. The molecule has 23 heavy (non-hydrogen) atoms. The first-order valence-electron chi connectivity index (χ1n) is 8.24. The molecule has 0 radical (unpaired) electrons. The zero-order valence-corrected chi connectivity index (χ0v) is 14.1. The second kappa shape index (κ2) is 6.45. The second-order valence-corrected chi connectivity index (χ2v) is 6.49. The van der Waals surface area contributed by atoms with Gasteiger partial charge in [0, 0.05) is 36.7 Å². The third kappa shape index (κ3) is 3.55. The van der Waals surface area contributed by atoms with Crippen LogP contribution in [0.25, 0.3) is 11.8 Å². The van der Waals surface area contributed by atoms with Crippen LogP contribution in [-0.2, 0) is 4.79 Å². The summed E-state index contributed by atoms with van der Waals surface area (Å²) >= 11 is 0. The Morgan fingerprint density at radius 2 is 1.96 bits per heavy atom. The van der Waals surface area contributed by atoms with Crippen molar-refractivity contribution in [1.82, 2.24) is 9.47 Å². The molecule has 3 heteroatoms. The van der Waals surface area contributed by atoms with Gasteiger partial charge in [-0.15, -0.1) is 0 Å². The van der Waals surface area contributed by atoms with Crippen molar-refractivity contribution < 1.29 is 4.79 Å². The van der Waals surface area contributed by atoms with E-state index in [0.29, 0.717) is 0 Å². The van der Waals surface area contributed by atoms with Crippen LogP contribution in [0.4, 0.5) is 0 Å². The Kier molecular flexibility index (Phi) is 4.37. The van der Waals surface area contributed by atoms with Crippen LogP contribution in [0.15, 0.2) is 42.5 Å².